The van der Waals surface area contributed by atoms with E-state index in [0.29, 0.717) is 0 Å². The van der Waals surface area contributed by atoms with Gasteiger partial charge in [0.15, 0.2) is 0 Å². The van der Waals surface area contributed by atoms with Crippen molar-refractivity contribution in [2.75, 3.05) is 14.7 Å². The standard InChI is InChI=1S/C62H42BN3OS2/c1-39-17-15-18-40(2)58(39)66-53-27-16-28-54-57(53)63(51-35-33-49-47-31-29-45(37-55(47)68-61(49)59(51)66)64(41-19-7-3-8-20-41)42-21-9-4-10-22-42)52-36-34-50-48-32-30-46(38-56(48)69-62(50)60(52)67-54)65(43-23-11-5-12-24-43)44-25-13-6-14-26-44/h3-38H,1-2H3. The van der Waals surface area contributed by atoms with Gasteiger partial charge in [0, 0.05) is 70.8 Å². The van der Waals surface area contributed by atoms with Gasteiger partial charge in [0.2, 0.25) is 0 Å². The highest BCUT2D eigenvalue weighted by molar-refractivity contribution is 7.27. The number of ether oxygens (including phenoxy) is 1. The molecule has 0 spiro atoms. The highest BCUT2D eigenvalue weighted by Crippen LogP contribution is 2.51. The third-order valence-corrected chi connectivity index (χ3v) is 16.4. The van der Waals surface area contributed by atoms with Gasteiger partial charge >= 0.3 is 0 Å². The summed E-state index contributed by atoms with van der Waals surface area (Å²) in [7, 11) is 0. The minimum absolute atomic E-state index is 0.0378. The Morgan fingerprint density at radius 1 is 0.406 bits per heavy atom. The largest absolute Gasteiger partial charge is 0.457 e. The van der Waals surface area contributed by atoms with Gasteiger partial charge in [-0.15, -0.1) is 22.7 Å². The van der Waals surface area contributed by atoms with Gasteiger partial charge in [-0.1, -0.05) is 133 Å². The number of para-hydroxylation sites is 5. The van der Waals surface area contributed by atoms with Crippen LogP contribution in [0.25, 0.3) is 40.3 Å². The Morgan fingerprint density at radius 2 is 0.870 bits per heavy atom. The third-order valence-electron chi connectivity index (χ3n) is 14.1. The first-order valence-corrected chi connectivity index (χ1v) is 25.2. The molecule has 4 nitrogen and oxygen atoms in total. The first-order valence-electron chi connectivity index (χ1n) is 23.5. The second-order valence-corrected chi connectivity index (χ2v) is 20.2. The summed E-state index contributed by atoms with van der Waals surface area (Å²) in [4.78, 5) is 7.26. The van der Waals surface area contributed by atoms with Gasteiger partial charge in [-0.25, -0.2) is 0 Å². The van der Waals surface area contributed by atoms with E-state index in [1.165, 1.54) is 84.9 Å². The number of thiophene rings is 2. The van der Waals surface area contributed by atoms with Gasteiger partial charge < -0.3 is 19.4 Å². The summed E-state index contributed by atoms with van der Waals surface area (Å²) in [5, 5.41) is 4.99. The molecule has 12 aromatic rings. The van der Waals surface area contributed by atoms with Crippen molar-refractivity contribution in [3.05, 3.63) is 230 Å². The van der Waals surface area contributed by atoms with Crippen molar-refractivity contribution in [3.8, 4) is 11.5 Å². The molecular weight excluding hydrogens is 878 g/mol. The molecule has 0 fully saturated rings. The number of hydrogen-bond donors (Lipinski definition) is 0. The molecule has 0 unspecified atom stereocenters. The number of aryl methyl sites for hydroxylation is 2. The lowest BCUT2D eigenvalue weighted by molar-refractivity contribution is 0.494. The zero-order valence-electron chi connectivity index (χ0n) is 37.9. The average Bonchev–Trinajstić information content (AvgIpc) is 3.96. The number of hydrogen-bond acceptors (Lipinski definition) is 6. The van der Waals surface area contributed by atoms with Crippen LogP contribution in [-0.2, 0) is 0 Å². The zero-order chi connectivity index (χ0) is 45.7. The van der Waals surface area contributed by atoms with Gasteiger partial charge in [-0.3, -0.25) is 0 Å². The molecule has 2 aliphatic rings. The van der Waals surface area contributed by atoms with Crippen molar-refractivity contribution < 1.29 is 4.74 Å². The summed E-state index contributed by atoms with van der Waals surface area (Å²) in [6.07, 6.45) is 0. The summed E-state index contributed by atoms with van der Waals surface area (Å²) >= 11 is 3.74. The maximum atomic E-state index is 7.26. The topological polar surface area (TPSA) is 19.0 Å². The molecule has 0 atom stereocenters. The van der Waals surface area contributed by atoms with Crippen LogP contribution in [0.2, 0.25) is 0 Å². The van der Waals surface area contributed by atoms with Crippen molar-refractivity contribution in [3.63, 3.8) is 0 Å². The van der Waals surface area contributed by atoms with Crippen molar-refractivity contribution in [2.24, 2.45) is 0 Å². The molecule has 0 saturated carbocycles. The number of anilines is 9. The third kappa shape index (κ3) is 6.21. The summed E-state index contributed by atoms with van der Waals surface area (Å²) in [6.45, 7) is 4.46. The molecule has 14 rings (SSSR count). The Morgan fingerprint density at radius 3 is 1.41 bits per heavy atom. The van der Waals surface area contributed by atoms with E-state index in [0.717, 1.165) is 45.6 Å². The number of fused-ring (bicyclic) bond motifs is 12. The van der Waals surface area contributed by atoms with E-state index in [4.69, 9.17) is 4.74 Å². The predicted octanol–water partition coefficient (Wildman–Crippen LogP) is 16.4. The minimum atomic E-state index is -0.0378. The fourth-order valence-corrected chi connectivity index (χ4v) is 13.6. The molecule has 69 heavy (non-hydrogen) atoms. The lowest BCUT2D eigenvalue weighted by Gasteiger charge is -2.41. The highest BCUT2D eigenvalue weighted by atomic mass is 32.1. The van der Waals surface area contributed by atoms with Crippen molar-refractivity contribution in [2.45, 2.75) is 13.8 Å². The summed E-state index contributed by atoms with van der Waals surface area (Å²) in [6, 6.07) is 79.4. The second kappa shape index (κ2) is 15.7. The maximum absolute atomic E-state index is 7.26. The van der Waals surface area contributed by atoms with Crippen molar-refractivity contribution in [1.29, 1.82) is 0 Å². The van der Waals surface area contributed by atoms with Crippen LogP contribution in [-0.4, -0.2) is 6.71 Å². The molecule has 0 amide bonds. The van der Waals surface area contributed by atoms with Crippen LogP contribution in [0.3, 0.4) is 0 Å². The van der Waals surface area contributed by atoms with Crippen LogP contribution in [0.4, 0.5) is 51.2 Å². The van der Waals surface area contributed by atoms with E-state index < -0.39 is 0 Å². The van der Waals surface area contributed by atoms with Crippen LogP contribution in [0, 0.1) is 13.8 Å². The Balaban J connectivity index is 0.975. The quantitative estimate of drug-likeness (QED) is 0.148. The SMILES string of the molecule is Cc1cccc(C)c1N1c2cccc3c2B(c2ccc4c(sc5cc(N(c6ccccc6)c6ccccc6)ccc54)c2O3)c2ccc3c(sc4cc(N(c5ccccc5)c5ccccc5)ccc43)c21. The number of nitrogens with zero attached hydrogens (tertiary/aromatic N) is 3. The Bertz CT molecular complexity index is 3890. The van der Waals surface area contributed by atoms with E-state index >= 15 is 0 Å². The normalized spacial score (nSPS) is 12.6. The van der Waals surface area contributed by atoms with E-state index in [1.54, 1.807) is 0 Å². The maximum Gasteiger partial charge on any atom is 0.256 e. The Hall–Kier alpha value is -8.10. The Labute approximate surface area is 409 Å². The molecule has 0 bridgehead atoms. The fraction of sp³-hybridized carbons (Fsp3) is 0.0323. The summed E-state index contributed by atoms with van der Waals surface area (Å²) in [5.74, 6) is 1.88. The molecule has 4 heterocycles. The van der Waals surface area contributed by atoms with Crippen LogP contribution in [0.1, 0.15) is 11.1 Å². The first-order chi connectivity index (χ1) is 34.1. The van der Waals surface area contributed by atoms with Gasteiger partial charge in [0.05, 0.1) is 20.8 Å². The van der Waals surface area contributed by atoms with Crippen LogP contribution in [0.15, 0.2) is 218 Å². The molecule has 10 aromatic carbocycles. The first kappa shape index (κ1) is 40.0. The average molecular weight is 920 g/mol. The fourth-order valence-electron chi connectivity index (χ4n) is 11.1. The zero-order valence-corrected chi connectivity index (χ0v) is 39.6. The van der Waals surface area contributed by atoms with Gasteiger partial charge in [0.1, 0.15) is 11.5 Å². The van der Waals surface area contributed by atoms with Crippen LogP contribution in [0.5, 0.6) is 11.5 Å². The summed E-state index contributed by atoms with van der Waals surface area (Å²) < 4.78 is 12.2. The van der Waals surface area contributed by atoms with Crippen molar-refractivity contribution >= 4 is 137 Å². The molecule has 0 saturated heterocycles. The van der Waals surface area contributed by atoms with Gasteiger partial charge in [-0.05, 0) is 126 Å². The van der Waals surface area contributed by atoms with Crippen LogP contribution >= 0.6 is 22.7 Å². The van der Waals surface area contributed by atoms with E-state index in [2.05, 4.69) is 247 Å². The second-order valence-electron chi connectivity index (χ2n) is 18.1. The van der Waals surface area contributed by atoms with E-state index in [-0.39, 0.29) is 6.71 Å². The lowest BCUT2D eigenvalue weighted by Crippen LogP contribution is -2.59. The number of benzene rings is 10. The lowest BCUT2D eigenvalue weighted by atomic mass is 9.34. The molecule has 2 aromatic heterocycles. The molecule has 0 radical (unpaired) electrons. The smallest absolute Gasteiger partial charge is 0.256 e. The monoisotopic (exact) mass is 919 g/mol. The van der Waals surface area contributed by atoms with Crippen LogP contribution < -0.4 is 35.8 Å². The molecule has 7 heteroatoms. The predicted molar refractivity (Wildman–Crippen MR) is 297 cm³/mol. The highest BCUT2D eigenvalue weighted by Gasteiger charge is 2.44. The van der Waals surface area contributed by atoms with E-state index in [1.807, 2.05) is 22.7 Å². The molecule has 2 aliphatic heterocycles. The summed E-state index contributed by atoms with van der Waals surface area (Å²) in [5.41, 5.74) is 16.6. The van der Waals surface area contributed by atoms with Crippen molar-refractivity contribution in [1.82, 2.24) is 0 Å². The van der Waals surface area contributed by atoms with E-state index in [9.17, 15) is 0 Å². The molecule has 0 N–H and O–H groups in total. The molecule has 326 valence electrons. The Kier molecular flexibility index (Phi) is 9.13. The molecule has 0 aliphatic carbocycles. The molecular formula is C62H42BN3OS2. The minimum Gasteiger partial charge on any atom is -0.457 e. The number of rotatable bonds is 7. The van der Waals surface area contributed by atoms with Gasteiger partial charge in [-0.2, -0.15) is 0 Å². The van der Waals surface area contributed by atoms with Gasteiger partial charge in [0.25, 0.3) is 6.71 Å².